The van der Waals surface area contributed by atoms with Gasteiger partial charge < -0.3 is 15.0 Å². The van der Waals surface area contributed by atoms with E-state index in [0.29, 0.717) is 11.8 Å². The van der Waals surface area contributed by atoms with E-state index >= 15 is 0 Å². The van der Waals surface area contributed by atoms with Crippen molar-refractivity contribution in [1.82, 2.24) is 20.1 Å². The van der Waals surface area contributed by atoms with Gasteiger partial charge in [0, 0.05) is 76.3 Å². The molecule has 1 unspecified atom stereocenters. The molecule has 6 nitrogen and oxygen atoms in total. The number of rotatable bonds is 7. The van der Waals surface area contributed by atoms with Gasteiger partial charge in [0.1, 0.15) is 5.75 Å². The van der Waals surface area contributed by atoms with E-state index in [9.17, 15) is 4.79 Å². The lowest BCUT2D eigenvalue weighted by atomic mass is 9.63. The van der Waals surface area contributed by atoms with Gasteiger partial charge >= 0.3 is 0 Å². The maximum atomic E-state index is 12.4. The van der Waals surface area contributed by atoms with E-state index in [0.717, 1.165) is 63.3 Å². The molecule has 1 saturated carbocycles. The van der Waals surface area contributed by atoms with Gasteiger partial charge in [-0.3, -0.25) is 14.7 Å². The summed E-state index contributed by atoms with van der Waals surface area (Å²) < 4.78 is 6.57. The standard InChI is InChI=1S/C26H34N4O2.ClH/c1-29(2)24(31)9-8-22-25-21(11-13-30(22)16-19-6-4-3-5-7-19)28-12-10-23(25)32-20-14-26(15-20)17-27-18-26;/h3-7,10,12,20,22,27H,8-9,11,13-18H2,1-2H3;1H. The summed E-state index contributed by atoms with van der Waals surface area (Å²) in [4.78, 5) is 21.4. The van der Waals surface area contributed by atoms with Crippen LogP contribution in [-0.4, -0.2) is 60.5 Å². The number of nitrogens with one attached hydrogen (secondary N) is 1. The Morgan fingerprint density at radius 2 is 1.97 bits per heavy atom. The molecule has 1 atom stereocenters. The first-order valence-electron chi connectivity index (χ1n) is 11.9. The Kier molecular flexibility index (Phi) is 7.27. The second-order valence-electron chi connectivity index (χ2n) is 9.97. The molecule has 178 valence electrons. The van der Waals surface area contributed by atoms with E-state index in [1.54, 1.807) is 4.90 Å². The van der Waals surface area contributed by atoms with Crippen LogP contribution in [-0.2, 0) is 17.8 Å². The zero-order chi connectivity index (χ0) is 22.1. The van der Waals surface area contributed by atoms with Crippen LogP contribution in [0.5, 0.6) is 5.75 Å². The Hall–Kier alpha value is -2.15. The third kappa shape index (κ3) is 5.03. The molecule has 1 amide bonds. The molecular formula is C26H35ClN4O2. The number of hydrogen-bond acceptors (Lipinski definition) is 5. The summed E-state index contributed by atoms with van der Waals surface area (Å²) in [5.74, 6) is 1.14. The summed E-state index contributed by atoms with van der Waals surface area (Å²) in [5.41, 5.74) is 4.11. The number of fused-ring (bicyclic) bond motifs is 1. The molecule has 33 heavy (non-hydrogen) atoms. The molecule has 0 radical (unpaired) electrons. The minimum Gasteiger partial charge on any atom is -0.490 e. The fourth-order valence-electron chi connectivity index (χ4n) is 5.50. The zero-order valence-corrected chi connectivity index (χ0v) is 20.4. The lowest BCUT2D eigenvalue weighted by Gasteiger charge is -2.54. The summed E-state index contributed by atoms with van der Waals surface area (Å²) in [5, 5.41) is 3.40. The van der Waals surface area contributed by atoms with Crippen molar-refractivity contribution in [2.45, 2.75) is 50.8 Å². The molecule has 1 saturated heterocycles. The van der Waals surface area contributed by atoms with E-state index in [4.69, 9.17) is 9.72 Å². The maximum Gasteiger partial charge on any atom is 0.222 e. The zero-order valence-electron chi connectivity index (χ0n) is 19.6. The van der Waals surface area contributed by atoms with Crippen molar-refractivity contribution in [3.63, 3.8) is 0 Å². The van der Waals surface area contributed by atoms with E-state index in [2.05, 4.69) is 40.5 Å². The topological polar surface area (TPSA) is 57.7 Å². The minimum atomic E-state index is 0. The van der Waals surface area contributed by atoms with Crippen molar-refractivity contribution in [2.75, 3.05) is 33.7 Å². The molecule has 2 fully saturated rings. The smallest absolute Gasteiger partial charge is 0.222 e. The van der Waals surface area contributed by atoms with Gasteiger partial charge in [-0.05, 0) is 30.9 Å². The first-order valence-corrected chi connectivity index (χ1v) is 11.9. The minimum absolute atomic E-state index is 0. The Morgan fingerprint density at radius 1 is 1.21 bits per heavy atom. The van der Waals surface area contributed by atoms with Crippen LogP contribution in [0.15, 0.2) is 42.6 Å². The Labute approximate surface area is 203 Å². The van der Waals surface area contributed by atoms with E-state index in [1.165, 1.54) is 11.1 Å². The molecule has 7 heteroatoms. The normalized spacial score (nSPS) is 21.3. The summed E-state index contributed by atoms with van der Waals surface area (Å²) in [7, 11) is 3.66. The van der Waals surface area contributed by atoms with Crippen molar-refractivity contribution in [3.05, 3.63) is 59.4 Å². The molecule has 0 bridgehead atoms. The fourth-order valence-corrected chi connectivity index (χ4v) is 5.50. The highest BCUT2D eigenvalue weighted by atomic mass is 35.5. The molecule has 1 aromatic heterocycles. The van der Waals surface area contributed by atoms with Crippen molar-refractivity contribution in [1.29, 1.82) is 0 Å². The Balaban J connectivity index is 0.00000259. The first kappa shape index (κ1) is 24.0. The number of amides is 1. The van der Waals surface area contributed by atoms with Gasteiger partial charge in [0.05, 0.1) is 11.8 Å². The molecule has 1 N–H and O–H groups in total. The van der Waals surface area contributed by atoms with Crippen molar-refractivity contribution in [3.8, 4) is 5.75 Å². The number of nitrogens with zero attached hydrogens (tertiary/aromatic N) is 3. The largest absolute Gasteiger partial charge is 0.490 e. The Bertz CT molecular complexity index is 956. The monoisotopic (exact) mass is 470 g/mol. The molecular weight excluding hydrogens is 436 g/mol. The summed E-state index contributed by atoms with van der Waals surface area (Å²) in [6.45, 7) is 4.06. The number of halogens is 1. The van der Waals surface area contributed by atoms with Crippen LogP contribution in [0.3, 0.4) is 0 Å². The number of hydrogen-bond donors (Lipinski definition) is 1. The van der Waals surface area contributed by atoms with E-state index in [-0.39, 0.29) is 30.5 Å². The SMILES string of the molecule is CN(C)C(=O)CCC1c2c(OC3CC4(CNC4)C3)ccnc2CCN1Cc1ccccc1.Cl. The molecule has 1 aliphatic carbocycles. The number of pyridine rings is 1. The average Bonchev–Trinajstić information content (AvgIpc) is 2.74. The van der Waals surface area contributed by atoms with Crippen LogP contribution in [0.4, 0.5) is 0 Å². The summed E-state index contributed by atoms with van der Waals surface area (Å²) in [6.07, 6.45) is 6.66. The number of ether oxygens (including phenoxy) is 1. The molecule has 1 aromatic carbocycles. The number of carbonyl (C=O) groups excluding carboxylic acids is 1. The van der Waals surface area contributed by atoms with Crippen LogP contribution in [0.1, 0.15) is 48.5 Å². The molecule has 5 rings (SSSR count). The van der Waals surface area contributed by atoms with Gasteiger partial charge in [0.25, 0.3) is 0 Å². The molecule has 2 aromatic rings. The van der Waals surface area contributed by atoms with Crippen LogP contribution in [0.2, 0.25) is 0 Å². The predicted octanol–water partition coefficient (Wildman–Crippen LogP) is 3.60. The highest BCUT2D eigenvalue weighted by Crippen LogP contribution is 2.47. The van der Waals surface area contributed by atoms with Crippen LogP contribution < -0.4 is 10.1 Å². The third-order valence-electron chi connectivity index (χ3n) is 7.42. The van der Waals surface area contributed by atoms with Crippen molar-refractivity contribution >= 4 is 18.3 Å². The predicted molar refractivity (Wildman–Crippen MR) is 132 cm³/mol. The highest BCUT2D eigenvalue weighted by molar-refractivity contribution is 5.85. The van der Waals surface area contributed by atoms with Crippen molar-refractivity contribution in [2.24, 2.45) is 5.41 Å². The summed E-state index contributed by atoms with van der Waals surface area (Å²) in [6, 6.07) is 12.8. The van der Waals surface area contributed by atoms with Gasteiger partial charge in [-0.25, -0.2) is 0 Å². The second kappa shape index (κ2) is 10.00. The van der Waals surface area contributed by atoms with Crippen LogP contribution >= 0.6 is 12.4 Å². The fraction of sp³-hybridized carbons (Fsp3) is 0.538. The van der Waals surface area contributed by atoms with Gasteiger partial charge in [0.2, 0.25) is 5.91 Å². The Morgan fingerprint density at radius 3 is 2.64 bits per heavy atom. The van der Waals surface area contributed by atoms with Gasteiger partial charge in [-0.15, -0.1) is 12.4 Å². The lowest BCUT2D eigenvalue weighted by Crippen LogP contribution is -2.62. The number of carbonyl (C=O) groups is 1. The molecule has 1 spiro atoms. The molecule has 2 aliphatic heterocycles. The van der Waals surface area contributed by atoms with Crippen molar-refractivity contribution < 1.29 is 9.53 Å². The maximum absolute atomic E-state index is 12.4. The lowest BCUT2D eigenvalue weighted by molar-refractivity contribution is -0.129. The third-order valence-corrected chi connectivity index (χ3v) is 7.42. The molecule has 3 heterocycles. The van der Waals surface area contributed by atoms with Crippen LogP contribution in [0.25, 0.3) is 0 Å². The number of aromatic nitrogens is 1. The van der Waals surface area contributed by atoms with Crippen LogP contribution in [0, 0.1) is 5.41 Å². The average molecular weight is 471 g/mol. The van der Waals surface area contributed by atoms with Gasteiger partial charge in [-0.2, -0.15) is 0 Å². The number of benzene rings is 1. The molecule has 3 aliphatic rings. The van der Waals surface area contributed by atoms with Gasteiger partial charge in [-0.1, -0.05) is 30.3 Å². The van der Waals surface area contributed by atoms with Gasteiger partial charge in [0.15, 0.2) is 0 Å². The quantitative estimate of drug-likeness (QED) is 0.670. The second-order valence-corrected chi connectivity index (χ2v) is 9.97. The highest BCUT2D eigenvalue weighted by Gasteiger charge is 2.50. The van der Waals surface area contributed by atoms with E-state index in [1.807, 2.05) is 26.4 Å². The van der Waals surface area contributed by atoms with E-state index < -0.39 is 0 Å². The summed E-state index contributed by atoms with van der Waals surface area (Å²) >= 11 is 0. The first-order chi connectivity index (χ1) is 15.5.